The van der Waals surface area contributed by atoms with E-state index in [1.807, 2.05) is 42.6 Å². The summed E-state index contributed by atoms with van der Waals surface area (Å²) in [6, 6.07) is 9.49. The van der Waals surface area contributed by atoms with Crippen LogP contribution < -0.4 is 10.1 Å². The van der Waals surface area contributed by atoms with Crippen molar-refractivity contribution in [1.29, 1.82) is 0 Å². The van der Waals surface area contributed by atoms with Gasteiger partial charge in [0.15, 0.2) is 10.6 Å². The van der Waals surface area contributed by atoms with Crippen LogP contribution in [-0.2, 0) is 17.9 Å². The molecule has 6 nitrogen and oxygen atoms in total. The van der Waals surface area contributed by atoms with Crippen LogP contribution in [0.1, 0.15) is 10.4 Å². The molecule has 0 spiro atoms. The molecule has 0 aliphatic carbocycles. The molecule has 25 heavy (non-hydrogen) atoms. The Bertz CT molecular complexity index is 925. The van der Waals surface area contributed by atoms with Crippen molar-refractivity contribution < 1.29 is 9.53 Å². The summed E-state index contributed by atoms with van der Waals surface area (Å²) in [6.07, 6.45) is 0. The molecule has 0 atom stereocenters. The minimum atomic E-state index is -0.111. The van der Waals surface area contributed by atoms with Gasteiger partial charge in [0, 0.05) is 10.4 Å². The second-order valence-corrected chi connectivity index (χ2v) is 6.86. The van der Waals surface area contributed by atoms with E-state index in [1.54, 1.807) is 23.0 Å². The third-order valence-corrected chi connectivity index (χ3v) is 5.16. The number of hydrogen-bond acceptors (Lipinski definition) is 5. The molecule has 0 fully saturated rings. The number of carbonyl (C=O) groups excluding carboxylic acids is 1. The van der Waals surface area contributed by atoms with Gasteiger partial charge in [0.05, 0.1) is 13.7 Å². The maximum absolute atomic E-state index is 12.3. The number of nitrogens with one attached hydrogen (secondary N) is 2. The molecule has 0 radical (unpaired) electrons. The molecular formula is C17H18N4O2S2. The number of rotatable bonds is 6. The Kier molecular flexibility index (Phi) is 5.30. The summed E-state index contributed by atoms with van der Waals surface area (Å²) in [5.41, 5.74) is 2.04. The number of H-pyrrole nitrogens is 1. The van der Waals surface area contributed by atoms with E-state index in [1.165, 1.54) is 5.56 Å². The molecule has 3 rings (SSSR count). The van der Waals surface area contributed by atoms with E-state index in [0.29, 0.717) is 17.1 Å². The number of thiophene rings is 1. The van der Waals surface area contributed by atoms with E-state index in [2.05, 4.69) is 15.5 Å². The van der Waals surface area contributed by atoms with Crippen molar-refractivity contribution in [3.8, 4) is 17.1 Å². The number of benzene rings is 1. The Morgan fingerprint density at radius 3 is 2.76 bits per heavy atom. The van der Waals surface area contributed by atoms with Gasteiger partial charge in [-0.15, -0.1) is 11.3 Å². The fraction of sp³-hybridized carbons (Fsp3) is 0.235. The van der Waals surface area contributed by atoms with E-state index in [-0.39, 0.29) is 12.5 Å². The predicted octanol–water partition coefficient (Wildman–Crippen LogP) is 3.30. The van der Waals surface area contributed by atoms with Gasteiger partial charge in [0.2, 0.25) is 5.91 Å². The molecule has 2 aromatic heterocycles. The maximum Gasteiger partial charge on any atom is 0.240 e. The fourth-order valence-electron chi connectivity index (χ4n) is 2.39. The van der Waals surface area contributed by atoms with Gasteiger partial charge >= 0.3 is 0 Å². The second kappa shape index (κ2) is 7.62. The highest BCUT2D eigenvalue weighted by molar-refractivity contribution is 7.71. The van der Waals surface area contributed by atoms with Crippen molar-refractivity contribution in [2.75, 3.05) is 7.11 Å². The number of ether oxygens (including phenoxy) is 1. The molecule has 0 saturated heterocycles. The first-order valence-electron chi connectivity index (χ1n) is 7.68. The summed E-state index contributed by atoms with van der Waals surface area (Å²) >= 11 is 6.90. The van der Waals surface area contributed by atoms with Crippen LogP contribution in [0.5, 0.6) is 5.75 Å². The molecule has 3 aromatic rings. The molecule has 0 aliphatic rings. The molecular weight excluding hydrogens is 356 g/mol. The van der Waals surface area contributed by atoms with Crippen LogP contribution in [0.15, 0.2) is 35.7 Å². The Labute approximate surface area is 154 Å². The highest BCUT2D eigenvalue weighted by atomic mass is 32.1. The number of carbonyl (C=O) groups is 1. The van der Waals surface area contributed by atoms with Crippen LogP contribution in [0.2, 0.25) is 0 Å². The lowest BCUT2D eigenvalue weighted by Crippen LogP contribution is -2.27. The third kappa shape index (κ3) is 3.97. The van der Waals surface area contributed by atoms with Gasteiger partial charge in [-0.1, -0.05) is 0 Å². The van der Waals surface area contributed by atoms with E-state index < -0.39 is 0 Å². The van der Waals surface area contributed by atoms with Crippen molar-refractivity contribution >= 4 is 29.5 Å². The van der Waals surface area contributed by atoms with Gasteiger partial charge in [-0.25, -0.2) is 0 Å². The van der Waals surface area contributed by atoms with Gasteiger partial charge < -0.3 is 10.1 Å². The zero-order valence-corrected chi connectivity index (χ0v) is 15.5. The van der Waals surface area contributed by atoms with Crippen molar-refractivity contribution in [3.63, 3.8) is 0 Å². The van der Waals surface area contributed by atoms with E-state index in [9.17, 15) is 4.79 Å². The van der Waals surface area contributed by atoms with Crippen LogP contribution in [0.25, 0.3) is 11.4 Å². The summed E-state index contributed by atoms with van der Waals surface area (Å²) in [7, 11) is 1.62. The molecule has 2 heterocycles. The van der Waals surface area contributed by atoms with Crippen LogP contribution in [0.4, 0.5) is 0 Å². The number of aryl methyl sites for hydroxylation is 1. The first-order valence-corrected chi connectivity index (χ1v) is 8.96. The van der Waals surface area contributed by atoms with Gasteiger partial charge in [-0.3, -0.25) is 14.5 Å². The minimum Gasteiger partial charge on any atom is -0.497 e. The highest BCUT2D eigenvalue weighted by Gasteiger charge is 2.13. The predicted molar refractivity (Wildman–Crippen MR) is 100 cm³/mol. The quantitative estimate of drug-likeness (QED) is 0.650. The summed E-state index contributed by atoms with van der Waals surface area (Å²) in [6.45, 7) is 2.67. The number of aromatic amines is 1. The van der Waals surface area contributed by atoms with E-state index >= 15 is 0 Å². The van der Waals surface area contributed by atoms with Gasteiger partial charge in [-0.05, 0) is 60.4 Å². The van der Waals surface area contributed by atoms with Crippen LogP contribution in [-0.4, -0.2) is 27.8 Å². The first-order chi connectivity index (χ1) is 12.1. The van der Waals surface area contributed by atoms with Crippen LogP contribution >= 0.6 is 23.6 Å². The van der Waals surface area contributed by atoms with Gasteiger partial charge in [-0.2, -0.15) is 5.10 Å². The number of nitrogens with zero attached hydrogens (tertiary/aromatic N) is 2. The van der Waals surface area contributed by atoms with E-state index in [4.69, 9.17) is 17.0 Å². The summed E-state index contributed by atoms with van der Waals surface area (Å²) in [5, 5.41) is 12.0. The van der Waals surface area contributed by atoms with Gasteiger partial charge in [0.25, 0.3) is 0 Å². The van der Waals surface area contributed by atoms with Crippen molar-refractivity contribution in [2.45, 2.75) is 20.0 Å². The topological polar surface area (TPSA) is 71.9 Å². The Morgan fingerprint density at radius 1 is 1.36 bits per heavy atom. The standard InChI is InChI=1S/C17H18N4O2S2/c1-11-7-8-25-14(11)9-18-15(22)10-21-16(19-20-17(21)24)12-3-5-13(23-2)6-4-12/h3-8H,9-10H2,1-2H3,(H,18,22)(H,20,24). The first kappa shape index (κ1) is 17.4. The van der Waals surface area contributed by atoms with Crippen LogP contribution in [0.3, 0.4) is 0 Å². The zero-order chi connectivity index (χ0) is 17.8. The Morgan fingerprint density at radius 2 is 2.12 bits per heavy atom. The zero-order valence-electron chi connectivity index (χ0n) is 13.9. The van der Waals surface area contributed by atoms with Crippen molar-refractivity contribution in [2.24, 2.45) is 0 Å². The largest absolute Gasteiger partial charge is 0.497 e. The molecule has 8 heteroatoms. The average molecular weight is 374 g/mol. The second-order valence-electron chi connectivity index (χ2n) is 5.47. The van der Waals surface area contributed by atoms with E-state index in [0.717, 1.165) is 16.2 Å². The summed E-state index contributed by atoms with van der Waals surface area (Å²) in [5.74, 6) is 1.27. The van der Waals surface area contributed by atoms with Gasteiger partial charge in [0.1, 0.15) is 12.3 Å². The minimum absolute atomic E-state index is 0.111. The normalized spacial score (nSPS) is 10.6. The van der Waals surface area contributed by atoms with Crippen LogP contribution in [0, 0.1) is 11.7 Å². The highest BCUT2D eigenvalue weighted by Crippen LogP contribution is 2.21. The smallest absolute Gasteiger partial charge is 0.240 e. The number of methoxy groups -OCH3 is 1. The Hall–Kier alpha value is -2.45. The molecule has 1 amide bonds. The molecule has 2 N–H and O–H groups in total. The molecule has 0 saturated carbocycles. The van der Waals surface area contributed by atoms with Crippen molar-refractivity contribution in [3.05, 3.63) is 50.9 Å². The SMILES string of the molecule is COc1ccc(-c2n[nH]c(=S)n2CC(=O)NCc2sccc2C)cc1. The molecule has 130 valence electrons. The monoisotopic (exact) mass is 374 g/mol. The lowest BCUT2D eigenvalue weighted by Gasteiger charge is -2.08. The van der Waals surface area contributed by atoms with Crippen molar-refractivity contribution in [1.82, 2.24) is 20.1 Å². The lowest BCUT2D eigenvalue weighted by molar-refractivity contribution is -0.121. The molecule has 0 unspecified atom stereocenters. The maximum atomic E-state index is 12.3. The lowest BCUT2D eigenvalue weighted by atomic mass is 10.2. The average Bonchev–Trinajstić information content (AvgIpc) is 3.19. The molecule has 1 aromatic carbocycles. The third-order valence-electron chi connectivity index (χ3n) is 3.82. The molecule has 0 aliphatic heterocycles. The number of amides is 1. The number of aromatic nitrogens is 3. The Balaban J connectivity index is 1.73. The molecule has 0 bridgehead atoms. The summed E-state index contributed by atoms with van der Waals surface area (Å²) < 4.78 is 7.26. The number of hydrogen-bond donors (Lipinski definition) is 2. The fourth-order valence-corrected chi connectivity index (χ4v) is 3.43. The summed E-state index contributed by atoms with van der Waals surface area (Å²) in [4.78, 5) is 13.5.